The Labute approximate surface area is 120 Å². The molecule has 8 heteroatoms. The summed E-state index contributed by atoms with van der Waals surface area (Å²) >= 11 is 0. The summed E-state index contributed by atoms with van der Waals surface area (Å²) in [6, 6.07) is 6.40. The van der Waals surface area contributed by atoms with Crippen molar-refractivity contribution in [1.29, 1.82) is 0 Å². The Morgan fingerprint density at radius 1 is 1.16 bits per heavy atom. The molecule has 0 saturated carbocycles. The van der Waals surface area contributed by atoms with Crippen LogP contribution < -0.4 is 11.3 Å². The van der Waals surface area contributed by atoms with Crippen LogP contribution in [0.3, 0.4) is 0 Å². The average molecular weight is 306 g/mol. The van der Waals surface area contributed by atoms with Gasteiger partial charge in [0.25, 0.3) is 11.5 Å². The Bertz CT molecular complexity index is 629. The third-order valence-corrected chi connectivity index (χ3v) is 2.18. The van der Waals surface area contributed by atoms with Gasteiger partial charge in [0.1, 0.15) is 11.4 Å². The van der Waals surface area contributed by atoms with Gasteiger partial charge < -0.3 is 5.73 Å². The minimum atomic E-state index is -0.826. The zero-order valence-corrected chi connectivity index (χ0v) is 11.1. The number of hydrogen-bond acceptors (Lipinski definition) is 3. The highest BCUT2D eigenvalue weighted by Crippen LogP contribution is 2.05. The maximum Gasteiger partial charge on any atom is 0.284 e. The molecular weight excluding hydrogens is 296 g/mol. The standard InChI is InChI=1S/C11H8FN3O2.2ClH/c12-7-1-3-8(4-2-7)15-11(17)9(10(13)16)5-6-14-15;;/h1-6H,(H2,13,16);2*1H. The molecule has 0 saturated heterocycles. The first-order chi connectivity index (χ1) is 8.09. The third-order valence-electron chi connectivity index (χ3n) is 2.18. The van der Waals surface area contributed by atoms with Gasteiger partial charge in [-0.15, -0.1) is 24.8 Å². The summed E-state index contributed by atoms with van der Waals surface area (Å²) in [5, 5.41) is 3.80. The van der Waals surface area contributed by atoms with E-state index in [2.05, 4.69) is 5.10 Å². The summed E-state index contributed by atoms with van der Waals surface area (Å²) in [6.07, 6.45) is 1.28. The zero-order valence-electron chi connectivity index (χ0n) is 9.45. The third kappa shape index (κ3) is 3.52. The lowest BCUT2D eigenvalue weighted by molar-refractivity contribution is 0.0998. The number of carbonyl (C=O) groups excluding carboxylic acids is 1. The number of rotatable bonds is 2. The van der Waals surface area contributed by atoms with Gasteiger partial charge in [-0.1, -0.05) is 0 Å². The van der Waals surface area contributed by atoms with E-state index in [0.29, 0.717) is 5.69 Å². The van der Waals surface area contributed by atoms with E-state index in [1.165, 1.54) is 36.5 Å². The Morgan fingerprint density at radius 2 is 1.74 bits per heavy atom. The maximum absolute atomic E-state index is 12.7. The van der Waals surface area contributed by atoms with Gasteiger partial charge in [-0.3, -0.25) is 9.59 Å². The van der Waals surface area contributed by atoms with Crippen LogP contribution in [-0.2, 0) is 0 Å². The molecule has 1 heterocycles. The van der Waals surface area contributed by atoms with Gasteiger partial charge in [0.05, 0.1) is 5.69 Å². The summed E-state index contributed by atoms with van der Waals surface area (Å²) in [6.45, 7) is 0. The average Bonchev–Trinajstić information content (AvgIpc) is 2.30. The van der Waals surface area contributed by atoms with Gasteiger partial charge in [-0.25, -0.2) is 4.39 Å². The Hall–Kier alpha value is -1.92. The molecule has 19 heavy (non-hydrogen) atoms. The lowest BCUT2D eigenvalue weighted by Gasteiger charge is -2.04. The van der Waals surface area contributed by atoms with Crippen LogP contribution in [0.1, 0.15) is 10.4 Å². The number of benzene rings is 1. The predicted octanol–water partition coefficient (Wildman–Crippen LogP) is 1.31. The smallest absolute Gasteiger partial charge is 0.284 e. The number of nitrogens with zero attached hydrogens (tertiary/aromatic N) is 2. The van der Waals surface area contributed by atoms with Crippen molar-refractivity contribution in [3.05, 3.63) is 58.3 Å². The molecule has 0 radical (unpaired) electrons. The summed E-state index contributed by atoms with van der Waals surface area (Å²) in [4.78, 5) is 22.8. The Kier molecular flexibility index (Phi) is 6.17. The molecule has 0 bridgehead atoms. The molecule has 2 rings (SSSR count). The normalized spacial score (nSPS) is 9.11. The first kappa shape index (κ1) is 17.1. The molecule has 2 N–H and O–H groups in total. The molecule has 0 aliphatic carbocycles. The highest BCUT2D eigenvalue weighted by molar-refractivity contribution is 5.92. The molecule has 1 aromatic carbocycles. The molecule has 1 aromatic heterocycles. The van der Waals surface area contributed by atoms with Crippen LogP contribution in [0.25, 0.3) is 5.69 Å². The second kappa shape index (κ2) is 6.86. The van der Waals surface area contributed by atoms with E-state index in [-0.39, 0.29) is 30.4 Å². The first-order valence-electron chi connectivity index (χ1n) is 4.73. The van der Waals surface area contributed by atoms with Crippen molar-refractivity contribution in [2.75, 3.05) is 0 Å². The second-order valence-corrected chi connectivity index (χ2v) is 3.30. The van der Waals surface area contributed by atoms with Crippen LogP contribution in [-0.4, -0.2) is 15.7 Å². The van der Waals surface area contributed by atoms with E-state index < -0.39 is 17.3 Å². The highest BCUT2D eigenvalue weighted by Gasteiger charge is 2.10. The maximum atomic E-state index is 12.7. The largest absolute Gasteiger partial charge is 0.365 e. The number of carbonyl (C=O) groups is 1. The van der Waals surface area contributed by atoms with E-state index in [1.807, 2.05) is 0 Å². The van der Waals surface area contributed by atoms with Crippen molar-refractivity contribution in [1.82, 2.24) is 9.78 Å². The summed E-state index contributed by atoms with van der Waals surface area (Å²) in [5.74, 6) is -1.25. The summed E-state index contributed by atoms with van der Waals surface area (Å²) in [5.41, 5.74) is 4.61. The van der Waals surface area contributed by atoms with Gasteiger partial charge in [0, 0.05) is 6.20 Å². The molecule has 2 aromatic rings. The van der Waals surface area contributed by atoms with Crippen molar-refractivity contribution >= 4 is 30.7 Å². The van der Waals surface area contributed by atoms with Crippen LogP contribution in [0.15, 0.2) is 41.3 Å². The lowest BCUT2D eigenvalue weighted by Crippen LogP contribution is -2.29. The van der Waals surface area contributed by atoms with Gasteiger partial charge in [-0.05, 0) is 30.3 Å². The van der Waals surface area contributed by atoms with Crippen LogP contribution >= 0.6 is 24.8 Å². The number of halogens is 3. The SMILES string of the molecule is Cl.Cl.NC(=O)c1ccnn(-c2ccc(F)cc2)c1=O. The fourth-order valence-electron chi connectivity index (χ4n) is 1.37. The van der Waals surface area contributed by atoms with E-state index in [0.717, 1.165) is 4.68 Å². The van der Waals surface area contributed by atoms with Gasteiger partial charge in [0.15, 0.2) is 0 Å². The molecule has 102 valence electrons. The van der Waals surface area contributed by atoms with Crippen LogP contribution in [0.5, 0.6) is 0 Å². The molecule has 1 amide bonds. The quantitative estimate of drug-likeness (QED) is 0.909. The first-order valence-corrected chi connectivity index (χ1v) is 4.73. The number of hydrogen-bond donors (Lipinski definition) is 1. The molecule has 0 spiro atoms. The number of nitrogens with two attached hydrogens (primary N) is 1. The fourth-order valence-corrected chi connectivity index (χ4v) is 1.37. The molecule has 0 fully saturated rings. The van der Waals surface area contributed by atoms with Crippen LogP contribution in [0.4, 0.5) is 4.39 Å². The molecule has 0 aliphatic rings. The van der Waals surface area contributed by atoms with E-state index in [1.54, 1.807) is 0 Å². The van der Waals surface area contributed by atoms with Gasteiger partial charge in [0.2, 0.25) is 0 Å². The van der Waals surface area contributed by atoms with E-state index >= 15 is 0 Å². The molecule has 0 unspecified atom stereocenters. The van der Waals surface area contributed by atoms with Crippen LogP contribution in [0.2, 0.25) is 0 Å². The summed E-state index contributed by atoms with van der Waals surface area (Å²) < 4.78 is 13.7. The molecule has 5 nitrogen and oxygen atoms in total. The zero-order chi connectivity index (χ0) is 12.4. The van der Waals surface area contributed by atoms with Crippen molar-refractivity contribution in [3.63, 3.8) is 0 Å². The van der Waals surface area contributed by atoms with E-state index in [4.69, 9.17) is 5.73 Å². The number of primary amides is 1. The van der Waals surface area contributed by atoms with Crippen molar-refractivity contribution in [3.8, 4) is 5.69 Å². The predicted molar refractivity (Wildman–Crippen MR) is 72.8 cm³/mol. The Morgan fingerprint density at radius 3 is 2.26 bits per heavy atom. The highest BCUT2D eigenvalue weighted by atomic mass is 35.5. The van der Waals surface area contributed by atoms with E-state index in [9.17, 15) is 14.0 Å². The monoisotopic (exact) mass is 305 g/mol. The minimum absolute atomic E-state index is 0. The van der Waals surface area contributed by atoms with Crippen molar-refractivity contribution < 1.29 is 9.18 Å². The minimum Gasteiger partial charge on any atom is -0.365 e. The van der Waals surface area contributed by atoms with Crippen LogP contribution in [0, 0.1) is 5.82 Å². The number of aromatic nitrogens is 2. The Balaban J connectivity index is 0.00000162. The summed E-state index contributed by atoms with van der Waals surface area (Å²) in [7, 11) is 0. The topological polar surface area (TPSA) is 78.0 Å². The lowest BCUT2D eigenvalue weighted by atomic mass is 10.2. The van der Waals surface area contributed by atoms with Crippen molar-refractivity contribution in [2.45, 2.75) is 0 Å². The fraction of sp³-hybridized carbons (Fsp3) is 0. The number of amides is 1. The molecular formula is C11H10Cl2FN3O2. The van der Waals surface area contributed by atoms with Gasteiger partial charge in [-0.2, -0.15) is 9.78 Å². The second-order valence-electron chi connectivity index (χ2n) is 3.30. The van der Waals surface area contributed by atoms with Crippen molar-refractivity contribution in [2.24, 2.45) is 5.73 Å². The van der Waals surface area contributed by atoms with Gasteiger partial charge >= 0.3 is 0 Å². The molecule has 0 atom stereocenters. The molecule has 0 aliphatic heterocycles.